The summed E-state index contributed by atoms with van der Waals surface area (Å²) in [6, 6.07) is 11.6. The number of fused-ring (bicyclic) bond motifs is 2. The predicted molar refractivity (Wildman–Crippen MR) is 142 cm³/mol. The van der Waals surface area contributed by atoms with E-state index in [1.54, 1.807) is 12.0 Å². The van der Waals surface area contributed by atoms with Crippen LogP contribution < -0.4 is 15.0 Å². The predicted octanol–water partition coefficient (Wildman–Crippen LogP) is 3.96. The molecular weight excluding hydrogens is 490 g/mol. The van der Waals surface area contributed by atoms with Gasteiger partial charge in [-0.15, -0.1) is 11.8 Å². The number of hydrogen-bond donors (Lipinski definition) is 1. The number of amides is 2. The van der Waals surface area contributed by atoms with Crippen LogP contribution in [0.2, 0.25) is 0 Å². The summed E-state index contributed by atoms with van der Waals surface area (Å²) < 4.78 is 11.0. The largest absolute Gasteiger partial charge is 0.481 e. The molecule has 0 radical (unpaired) electrons. The van der Waals surface area contributed by atoms with Gasteiger partial charge in [-0.1, -0.05) is 0 Å². The van der Waals surface area contributed by atoms with Gasteiger partial charge in [0.25, 0.3) is 0 Å². The molecule has 37 heavy (non-hydrogen) atoms. The molecule has 6 rings (SSSR count). The number of carbonyl (C=O) groups excluding carboxylic acids is 2. The normalized spacial score (nSPS) is 21.7. The van der Waals surface area contributed by atoms with E-state index in [0.29, 0.717) is 24.1 Å². The zero-order valence-electron chi connectivity index (χ0n) is 20.7. The highest BCUT2D eigenvalue weighted by atomic mass is 32.2. The van der Waals surface area contributed by atoms with E-state index in [-0.39, 0.29) is 18.1 Å². The van der Waals surface area contributed by atoms with Crippen molar-refractivity contribution in [1.29, 1.82) is 0 Å². The number of aryl methyl sites for hydroxylation is 1. The maximum atomic E-state index is 12.6. The van der Waals surface area contributed by atoms with Crippen molar-refractivity contribution in [3.63, 3.8) is 0 Å². The maximum absolute atomic E-state index is 12.6. The van der Waals surface area contributed by atoms with Crippen molar-refractivity contribution in [3.8, 4) is 5.88 Å². The Morgan fingerprint density at radius 2 is 2.11 bits per heavy atom. The molecule has 2 saturated heterocycles. The first-order valence-electron chi connectivity index (χ1n) is 12.6. The second-order valence-electron chi connectivity index (χ2n) is 9.78. The standard InChI is InChI=1S/C27H29N5O4S/c1-35-25-7-5-21-26(30-25)18(8-10-28-21)3-2-17-9-11-31(13-17)14-20-15-32(27(34)36-20)19-4-6-23-22(12-19)29-24(33)16-37-23/h4-8,10,12,17,20H,2-3,9,11,13-16H2,1H3,(H,29,33)/t17?,20-/m1/s1. The molecule has 2 fully saturated rings. The number of nitrogens with one attached hydrogen (secondary N) is 1. The molecule has 3 aliphatic heterocycles. The van der Waals surface area contributed by atoms with E-state index >= 15 is 0 Å². The fourth-order valence-electron chi connectivity index (χ4n) is 5.40. The van der Waals surface area contributed by atoms with Gasteiger partial charge in [0.05, 0.1) is 36.1 Å². The van der Waals surface area contributed by atoms with Gasteiger partial charge in [-0.2, -0.15) is 0 Å². The molecular formula is C27H29N5O4S. The lowest BCUT2D eigenvalue weighted by molar-refractivity contribution is -0.113. The van der Waals surface area contributed by atoms with Crippen LogP contribution in [0.3, 0.4) is 0 Å². The summed E-state index contributed by atoms with van der Waals surface area (Å²) in [6.45, 7) is 3.24. The molecule has 1 aromatic carbocycles. The Bertz CT molecular complexity index is 1350. The Balaban J connectivity index is 1.04. The molecule has 10 heteroatoms. The van der Waals surface area contributed by atoms with E-state index in [9.17, 15) is 9.59 Å². The van der Waals surface area contributed by atoms with Crippen LogP contribution in [0, 0.1) is 5.92 Å². The fourth-order valence-corrected chi connectivity index (χ4v) is 6.19. The lowest BCUT2D eigenvalue weighted by atomic mass is 9.98. The number of carbonyl (C=O) groups is 2. The number of methoxy groups -OCH3 is 1. The van der Waals surface area contributed by atoms with E-state index in [4.69, 9.17) is 9.47 Å². The number of ether oxygens (including phenoxy) is 2. The van der Waals surface area contributed by atoms with Gasteiger partial charge in [-0.05, 0) is 67.6 Å². The highest BCUT2D eigenvalue weighted by Gasteiger charge is 2.35. The van der Waals surface area contributed by atoms with Crippen LogP contribution in [-0.2, 0) is 16.0 Å². The monoisotopic (exact) mass is 519 g/mol. The molecule has 3 aliphatic rings. The first kappa shape index (κ1) is 24.0. The smallest absolute Gasteiger partial charge is 0.414 e. The first-order valence-corrected chi connectivity index (χ1v) is 13.6. The molecule has 2 aromatic heterocycles. The molecule has 0 aliphatic carbocycles. The fraction of sp³-hybridized carbons (Fsp3) is 0.407. The van der Waals surface area contributed by atoms with Gasteiger partial charge in [0.2, 0.25) is 11.8 Å². The summed E-state index contributed by atoms with van der Waals surface area (Å²) in [4.78, 5) is 38.5. The van der Waals surface area contributed by atoms with E-state index in [2.05, 4.69) is 26.3 Å². The van der Waals surface area contributed by atoms with Gasteiger partial charge in [-0.3, -0.25) is 19.6 Å². The Morgan fingerprint density at radius 1 is 1.19 bits per heavy atom. The second-order valence-corrected chi connectivity index (χ2v) is 10.8. The zero-order chi connectivity index (χ0) is 25.4. The number of thioether (sulfide) groups is 1. The van der Waals surface area contributed by atoms with E-state index in [1.165, 1.54) is 17.3 Å². The summed E-state index contributed by atoms with van der Waals surface area (Å²) in [7, 11) is 1.63. The third kappa shape index (κ3) is 5.08. The van der Waals surface area contributed by atoms with Crippen LogP contribution >= 0.6 is 11.8 Å². The molecule has 0 spiro atoms. The van der Waals surface area contributed by atoms with Crippen molar-refractivity contribution in [3.05, 3.63) is 48.2 Å². The lowest BCUT2D eigenvalue weighted by Crippen LogP contribution is -2.33. The van der Waals surface area contributed by atoms with E-state index < -0.39 is 0 Å². The highest BCUT2D eigenvalue weighted by molar-refractivity contribution is 8.00. The average Bonchev–Trinajstić information content (AvgIpc) is 3.52. The first-order chi connectivity index (χ1) is 18.1. The van der Waals surface area contributed by atoms with Gasteiger partial charge in [0, 0.05) is 35.9 Å². The minimum Gasteiger partial charge on any atom is -0.481 e. The van der Waals surface area contributed by atoms with Gasteiger partial charge >= 0.3 is 6.09 Å². The maximum Gasteiger partial charge on any atom is 0.414 e. The SMILES string of the molecule is COc1ccc2nccc(CCC3CCN(C[C@@H]4CN(c5ccc6c(c5)NC(=O)CS6)C(=O)O4)C3)c2n1. The number of nitrogens with zero attached hydrogens (tertiary/aromatic N) is 4. The zero-order valence-corrected chi connectivity index (χ0v) is 21.5. The Kier molecular flexibility index (Phi) is 6.60. The third-order valence-electron chi connectivity index (χ3n) is 7.29. The molecule has 2 atom stereocenters. The number of hydrogen-bond acceptors (Lipinski definition) is 8. The Morgan fingerprint density at radius 3 is 3.00 bits per heavy atom. The Hall–Kier alpha value is -3.37. The number of rotatable bonds is 7. The number of benzene rings is 1. The second kappa shape index (κ2) is 10.2. The number of aromatic nitrogens is 2. The molecule has 9 nitrogen and oxygen atoms in total. The molecule has 0 bridgehead atoms. The Labute approximate surface area is 219 Å². The van der Waals surface area contributed by atoms with Crippen molar-refractivity contribution in [2.45, 2.75) is 30.3 Å². The van der Waals surface area contributed by atoms with E-state index in [1.807, 2.05) is 36.5 Å². The van der Waals surface area contributed by atoms with Crippen molar-refractivity contribution >= 4 is 46.2 Å². The van der Waals surface area contributed by atoms with Crippen molar-refractivity contribution in [1.82, 2.24) is 14.9 Å². The van der Waals surface area contributed by atoms with Crippen LogP contribution in [0.1, 0.15) is 18.4 Å². The molecule has 5 heterocycles. The van der Waals surface area contributed by atoms with Gasteiger partial charge in [0.1, 0.15) is 6.10 Å². The highest BCUT2D eigenvalue weighted by Crippen LogP contribution is 2.35. The van der Waals surface area contributed by atoms with Crippen molar-refractivity contribution < 1.29 is 19.1 Å². The van der Waals surface area contributed by atoms with Crippen LogP contribution in [0.4, 0.5) is 16.2 Å². The summed E-state index contributed by atoms with van der Waals surface area (Å²) in [5.41, 5.74) is 4.51. The number of cyclic esters (lactones) is 1. The van der Waals surface area contributed by atoms with Gasteiger partial charge in [-0.25, -0.2) is 9.78 Å². The minimum atomic E-state index is -0.331. The van der Waals surface area contributed by atoms with Crippen molar-refractivity contribution in [2.75, 3.05) is 49.3 Å². The van der Waals surface area contributed by atoms with Crippen molar-refractivity contribution in [2.24, 2.45) is 5.92 Å². The van der Waals surface area contributed by atoms with Crippen LogP contribution in [0.5, 0.6) is 5.88 Å². The third-order valence-corrected chi connectivity index (χ3v) is 8.36. The van der Waals surface area contributed by atoms with Crippen LogP contribution in [-0.4, -0.2) is 72.0 Å². The number of anilines is 2. The number of likely N-dealkylation sites (tertiary alicyclic amines) is 1. The summed E-state index contributed by atoms with van der Waals surface area (Å²) in [6.07, 6.45) is 4.49. The summed E-state index contributed by atoms with van der Waals surface area (Å²) in [5, 5.41) is 2.89. The van der Waals surface area contributed by atoms with Crippen LogP contribution in [0.25, 0.3) is 11.0 Å². The summed E-state index contributed by atoms with van der Waals surface area (Å²) >= 11 is 1.51. The summed E-state index contributed by atoms with van der Waals surface area (Å²) in [5.74, 6) is 1.59. The topological polar surface area (TPSA) is 96.9 Å². The van der Waals surface area contributed by atoms with Crippen LogP contribution in [0.15, 0.2) is 47.5 Å². The molecule has 2 amide bonds. The molecule has 1 unspecified atom stereocenters. The quantitative estimate of drug-likeness (QED) is 0.501. The molecule has 3 aromatic rings. The lowest BCUT2D eigenvalue weighted by Gasteiger charge is -2.21. The number of pyridine rings is 2. The average molecular weight is 520 g/mol. The van der Waals surface area contributed by atoms with E-state index in [0.717, 1.165) is 66.2 Å². The molecule has 192 valence electrons. The molecule has 1 N–H and O–H groups in total. The molecule has 0 saturated carbocycles. The van der Waals surface area contributed by atoms with Gasteiger partial charge in [0.15, 0.2) is 0 Å². The minimum absolute atomic E-state index is 0.0202. The van der Waals surface area contributed by atoms with Gasteiger partial charge < -0.3 is 14.8 Å².